The molecule has 0 radical (unpaired) electrons. The van der Waals surface area contributed by atoms with Crippen LogP contribution < -0.4 is 0 Å². The SMILES string of the molecule is C[C@]12CCC3c4ccc(O)cc4CCC3C1C[CH+][C@@H]2O. The number of aliphatic hydroxyl groups is 1. The van der Waals surface area contributed by atoms with E-state index in [1.807, 2.05) is 12.1 Å². The Morgan fingerprint density at radius 1 is 1.30 bits per heavy atom. The van der Waals surface area contributed by atoms with Crippen molar-refractivity contribution in [1.82, 2.24) is 0 Å². The zero-order chi connectivity index (χ0) is 13.9. The summed E-state index contributed by atoms with van der Waals surface area (Å²) < 4.78 is 0. The number of rotatable bonds is 0. The van der Waals surface area contributed by atoms with Crippen molar-refractivity contribution in [2.75, 3.05) is 0 Å². The molecule has 2 nitrogen and oxygen atoms in total. The average Bonchev–Trinajstić information content (AvgIpc) is 2.74. The van der Waals surface area contributed by atoms with Gasteiger partial charge in [-0.15, -0.1) is 0 Å². The predicted molar refractivity (Wildman–Crippen MR) is 78.4 cm³/mol. The van der Waals surface area contributed by atoms with Gasteiger partial charge in [-0.1, -0.05) is 13.0 Å². The van der Waals surface area contributed by atoms with E-state index in [1.165, 1.54) is 24.0 Å². The Kier molecular flexibility index (Phi) is 2.62. The highest BCUT2D eigenvalue weighted by atomic mass is 16.3. The van der Waals surface area contributed by atoms with Crippen LogP contribution in [0.4, 0.5) is 0 Å². The summed E-state index contributed by atoms with van der Waals surface area (Å²) >= 11 is 0. The molecule has 5 atom stereocenters. The maximum Gasteiger partial charge on any atom is 0.200 e. The second kappa shape index (κ2) is 4.17. The summed E-state index contributed by atoms with van der Waals surface area (Å²) in [5.41, 5.74) is 2.91. The van der Waals surface area contributed by atoms with Crippen molar-refractivity contribution in [3.8, 4) is 5.75 Å². The summed E-state index contributed by atoms with van der Waals surface area (Å²) in [5, 5.41) is 20.0. The molecule has 2 fully saturated rings. The highest BCUT2D eigenvalue weighted by Gasteiger charge is 2.59. The molecule has 0 spiro atoms. The first kappa shape index (κ1) is 12.6. The molecule has 106 valence electrons. The zero-order valence-corrected chi connectivity index (χ0v) is 12.0. The van der Waals surface area contributed by atoms with Gasteiger partial charge in [0, 0.05) is 11.3 Å². The van der Waals surface area contributed by atoms with E-state index in [1.54, 1.807) is 0 Å². The van der Waals surface area contributed by atoms with Gasteiger partial charge in [0.2, 0.25) is 0 Å². The quantitative estimate of drug-likeness (QED) is 0.710. The average molecular weight is 271 g/mol. The number of hydrogen-bond acceptors (Lipinski definition) is 2. The number of benzene rings is 1. The van der Waals surface area contributed by atoms with Crippen LogP contribution in [0.2, 0.25) is 0 Å². The molecule has 0 heterocycles. The first-order valence-electron chi connectivity index (χ1n) is 7.93. The molecule has 1 aromatic carbocycles. The zero-order valence-electron chi connectivity index (χ0n) is 12.0. The van der Waals surface area contributed by atoms with Gasteiger partial charge >= 0.3 is 0 Å². The first-order chi connectivity index (χ1) is 9.59. The van der Waals surface area contributed by atoms with E-state index < -0.39 is 0 Å². The lowest BCUT2D eigenvalue weighted by atomic mass is 9.55. The Morgan fingerprint density at radius 3 is 3.00 bits per heavy atom. The van der Waals surface area contributed by atoms with E-state index in [2.05, 4.69) is 19.4 Å². The third kappa shape index (κ3) is 1.57. The molecule has 3 aliphatic carbocycles. The molecule has 2 saturated carbocycles. The highest BCUT2D eigenvalue weighted by molar-refractivity contribution is 5.40. The molecule has 0 saturated heterocycles. The molecular formula is C18H23O2+. The van der Waals surface area contributed by atoms with E-state index in [4.69, 9.17) is 0 Å². The summed E-state index contributed by atoms with van der Waals surface area (Å²) in [6, 6.07) is 5.93. The number of hydrogen-bond donors (Lipinski definition) is 2. The van der Waals surface area contributed by atoms with Crippen LogP contribution in [-0.4, -0.2) is 16.3 Å². The third-order valence-electron chi connectivity index (χ3n) is 6.44. The number of aromatic hydroxyl groups is 1. The number of aliphatic hydroxyl groups excluding tert-OH is 1. The molecule has 0 amide bonds. The summed E-state index contributed by atoms with van der Waals surface area (Å²) in [6.07, 6.45) is 7.59. The Balaban J connectivity index is 1.71. The van der Waals surface area contributed by atoms with Crippen molar-refractivity contribution >= 4 is 0 Å². The van der Waals surface area contributed by atoms with Crippen LogP contribution in [0.3, 0.4) is 0 Å². The molecule has 2 heteroatoms. The van der Waals surface area contributed by atoms with Crippen LogP contribution in [0.15, 0.2) is 18.2 Å². The van der Waals surface area contributed by atoms with Gasteiger partial charge in [0.25, 0.3) is 0 Å². The normalized spacial score (nSPS) is 42.3. The maximum atomic E-state index is 10.3. The summed E-state index contributed by atoms with van der Waals surface area (Å²) in [6.45, 7) is 2.29. The van der Waals surface area contributed by atoms with Crippen molar-refractivity contribution < 1.29 is 10.2 Å². The topological polar surface area (TPSA) is 40.5 Å². The van der Waals surface area contributed by atoms with Crippen LogP contribution in [0.5, 0.6) is 5.75 Å². The minimum atomic E-state index is -0.213. The third-order valence-corrected chi connectivity index (χ3v) is 6.44. The van der Waals surface area contributed by atoms with Crippen molar-refractivity contribution in [2.45, 2.75) is 51.0 Å². The second-order valence-electron chi connectivity index (χ2n) is 7.26. The fourth-order valence-electron chi connectivity index (χ4n) is 5.27. The molecule has 0 aromatic heterocycles. The lowest BCUT2D eigenvalue weighted by molar-refractivity contribution is -0.0166. The minimum absolute atomic E-state index is 0.107. The lowest BCUT2D eigenvalue weighted by Crippen LogP contribution is -2.43. The Bertz CT molecular complexity index is 538. The molecule has 3 aliphatic rings. The van der Waals surface area contributed by atoms with Gasteiger partial charge in [0.15, 0.2) is 6.10 Å². The van der Waals surface area contributed by atoms with Gasteiger partial charge in [-0.2, -0.15) is 0 Å². The van der Waals surface area contributed by atoms with Gasteiger partial charge < -0.3 is 10.2 Å². The van der Waals surface area contributed by atoms with E-state index in [0.717, 1.165) is 19.3 Å². The molecule has 0 aliphatic heterocycles. The smallest absolute Gasteiger partial charge is 0.200 e. The number of fused-ring (bicyclic) bond motifs is 5. The summed E-state index contributed by atoms with van der Waals surface area (Å²) in [4.78, 5) is 0. The lowest BCUT2D eigenvalue weighted by Gasteiger charge is -2.47. The van der Waals surface area contributed by atoms with Crippen LogP contribution in [0, 0.1) is 23.7 Å². The van der Waals surface area contributed by atoms with E-state index in [-0.39, 0.29) is 11.5 Å². The van der Waals surface area contributed by atoms with Crippen molar-refractivity contribution in [3.05, 3.63) is 35.7 Å². The Labute approximate surface area is 120 Å². The number of aryl methyl sites for hydroxylation is 1. The van der Waals surface area contributed by atoms with Gasteiger partial charge in [-0.3, -0.25) is 0 Å². The summed E-state index contributed by atoms with van der Waals surface area (Å²) in [7, 11) is 0. The van der Waals surface area contributed by atoms with Crippen LogP contribution >= 0.6 is 0 Å². The highest BCUT2D eigenvalue weighted by Crippen LogP contribution is 2.60. The molecular weight excluding hydrogens is 248 g/mol. The number of phenolic OH excluding ortho intramolecular Hbond substituents is 1. The van der Waals surface area contributed by atoms with Crippen LogP contribution in [0.25, 0.3) is 0 Å². The molecule has 1 aromatic rings. The van der Waals surface area contributed by atoms with Crippen molar-refractivity contribution in [2.24, 2.45) is 17.3 Å². The largest absolute Gasteiger partial charge is 0.508 e. The second-order valence-corrected chi connectivity index (χ2v) is 7.26. The Hall–Kier alpha value is -1.15. The molecule has 0 bridgehead atoms. The first-order valence-corrected chi connectivity index (χ1v) is 7.93. The van der Waals surface area contributed by atoms with Crippen molar-refractivity contribution in [1.29, 1.82) is 0 Å². The monoisotopic (exact) mass is 271 g/mol. The predicted octanol–water partition coefficient (Wildman–Crippen LogP) is 3.42. The van der Waals surface area contributed by atoms with E-state index in [9.17, 15) is 10.2 Å². The van der Waals surface area contributed by atoms with E-state index >= 15 is 0 Å². The van der Waals surface area contributed by atoms with Gasteiger partial charge in [-0.05, 0) is 60.8 Å². The van der Waals surface area contributed by atoms with Gasteiger partial charge in [0.1, 0.15) is 12.2 Å². The standard InChI is InChI=1S/C18H22O2/c1-18-9-8-14-13-5-3-12(19)10-11(13)2-4-15(14)16(18)6-7-17(18)20/h3,5,7,10,14-17,20H,2,4,6,8-9H2,1H3/p+1/t14?,15?,16?,17-,18-/m0/s1. The van der Waals surface area contributed by atoms with Crippen molar-refractivity contribution in [3.63, 3.8) is 0 Å². The fraction of sp³-hybridized carbons (Fsp3) is 0.611. The van der Waals surface area contributed by atoms with E-state index in [0.29, 0.717) is 23.5 Å². The molecule has 3 unspecified atom stereocenters. The fourth-order valence-corrected chi connectivity index (χ4v) is 5.27. The van der Waals surface area contributed by atoms with Crippen LogP contribution in [-0.2, 0) is 6.42 Å². The van der Waals surface area contributed by atoms with Gasteiger partial charge in [0.05, 0.1) is 6.42 Å². The molecule has 2 N–H and O–H groups in total. The maximum absolute atomic E-state index is 10.3. The molecule has 20 heavy (non-hydrogen) atoms. The Morgan fingerprint density at radius 2 is 2.15 bits per heavy atom. The van der Waals surface area contributed by atoms with Crippen LogP contribution in [0.1, 0.15) is 49.7 Å². The summed E-state index contributed by atoms with van der Waals surface area (Å²) in [5.74, 6) is 2.38. The molecule has 4 rings (SSSR count). The van der Waals surface area contributed by atoms with Gasteiger partial charge in [-0.25, -0.2) is 0 Å². The number of phenols is 1. The minimum Gasteiger partial charge on any atom is -0.508 e.